The first-order valence-corrected chi connectivity index (χ1v) is 16.1. The summed E-state index contributed by atoms with van der Waals surface area (Å²) in [5, 5.41) is 34.2. The summed E-state index contributed by atoms with van der Waals surface area (Å²) in [6.45, 7) is 7.74. The molecule has 0 heterocycles. The molecule has 0 unspecified atom stereocenters. The highest BCUT2D eigenvalue weighted by molar-refractivity contribution is 6.02. The number of rotatable bonds is 22. The number of hydrogen-bond donors (Lipinski definition) is 5. The van der Waals surface area contributed by atoms with E-state index in [1.807, 2.05) is 0 Å². The number of alkyl carbamates (subject to hydrolysis) is 2. The van der Waals surface area contributed by atoms with Gasteiger partial charge in [-0.25, -0.2) is 9.59 Å². The monoisotopic (exact) mass is 674 g/mol. The van der Waals surface area contributed by atoms with Gasteiger partial charge in [0.05, 0.1) is 33.0 Å². The number of benzene rings is 2. The molecule has 0 bridgehead atoms. The Labute approximate surface area is 281 Å². The SMILES string of the molecule is CC(C)(O)C(=O)c1ccc(C(OC(=O)NCCCCCCNC(=O)OCCOCCOCCO)c2ccc(C(=O)C(C)(C)O)cc2)cc1. The van der Waals surface area contributed by atoms with Crippen LogP contribution < -0.4 is 10.6 Å². The number of hydrogen-bond acceptors (Lipinski definition) is 11. The second-order valence-electron chi connectivity index (χ2n) is 12.2. The van der Waals surface area contributed by atoms with Gasteiger partial charge >= 0.3 is 12.2 Å². The molecule has 0 atom stereocenters. The Morgan fingerprint density at radius 2 is 1.04 bits per heavy atom. The number of carbonyl (C=O) groups excluding carboxylic acids is 4. The van der Waals surface area contributed by atoms with Crippen LogP contribution in [0.25, 0.3) is 0 Å². The zero-order chi connectivity index (χ0) is 35.6. The molecule has 13 heteroatoms. The fourth-order valence-electron chi connectivity index (χ4n) is 4.42. The molecular formula is C35H50N2O11. The average Bonchev–Trinajstić information content (AvgIpc) is 3.04. The van der Waals surface area contributed by atoms with Crippen molar-refractivity contribution < 1.29 is 53.4 Å². The minimum Gasteiger partial charge on any atom is -0.447 e. The van der Waals surface area contributed by atoms with Gasteiger partial charge in [0.1, 0.15) is 17.8 Å². The second-order valence-corrected chi connectivity index (χ2v) is 12.2. The van der Waals surface area contributed by atoms with Crippen LogP contribution in [-0.4, -0.2) is 103 Å². The third-order valence-electron chi connectivity index (χ3n) is 7.00. The zero-order valence-corrected chi connectivity index (χ0v) is 28.3. The normalized spacial score (nSPS) is 11.7. The number of aliphatic hydroxyl groups excluding tert-OH is 1. The van der Waals surface area contributed by atoms with E-state index in [1.54, 1.807) is 48.5 Å². The summed E-state index contributed by atoms with van der Waals surface area (Å²) in [7, 11) is 0. The molecule has 2 aromatic carbocycles. The quantitative estimate of drug-likeness (QED) is 0.0904. The molecule has 0 saturated carbocycles. The van der Waals surface area contributed by atoms with Crippen LogP contribution in [0.3, 0.4) is 0 Å². The highest BCUT2D eigenvalue weighted by Gasteiger charge is 2.27. The maximum Gasteiger partial charge on any atom is 0.408 e. The molecule has 2 rings (SSSR count). The van der Waals surface area contributed by atoms with Crippen molar-refractivity contribution in [2.75, 3.05) is 52.7 Å². The van der Waals surface area contributed by atoms with Crippen molar-refractivity contribution in [1.29, 1.82) is 0 Å². The van der Waals surface area contributed by atoms with Gasteiger partial charge in [0.15, 0.2) is 17.7 Å². The van der Waals surface area contributed by atoms with Crippen molar-refractivity contribution in [3.8, 4) is 0 Å². The number of Topliss-reactive ketones (excluding diaryl/α,β-unsaturated/α-hetero) is 2. The number of nitrogens with one attached hydrogen (secondary N) is 2. The molecule has 266 valence electrons. The molecule has 0 saturated heterocycles. The molecule has 0 aliphatic heterocycles. The summed E-state index contributed by atoms with van der Waals surface area (Å²) >= 11 is 0. The smallest absolute Gasteiger partial charge is 0.408 e. The van der Waals surface area contributed by atoms with Crippen LogP contribution in [0.4, 0.5) is 9.59 Å². The van der Waals surface area contributed by atoms with E-state index in [4.69, 9.17) is 24.1 Å². The van der Waals surface area contributed by atoms with E-state index in [2.05, 4.69) is 10.6 Å². The third kappa shape index (κ3) is 14.9. The molecule has 0 spiro atoms. The van der Waals surface area contributed by atoms with Gasteiger partial charge in [-0.1, -0.05) is 61.4 Å². The molecule has 0 aromatic heterocycles. The minimum absolute atomic E-state index is 0.0422. The molecule has 0 aliphatic rings. The van der Waals surface area contributed by atoms with Crippen molar-refractivity contribution in [2.45, 2.75) is 70.7 Å². The summed E-state index contributed by atoms with van der Waals surface area (Å²) in [5.41, 5.74) is -1.35. The van der Waals surface area contributed by atoms with Gasteiger partial charge in [-0.15, -0.1) is 0 Å². The number of ketones is 2. The van der Waals surface area contributed by atoms with E-state index >= 15 is 0 Å². The average molecular weight is 675 g/mol. The molecule has 0 radical (unpaired) electrons. The van der Waals surface area contributed by atoms with Crippen LogP contribution in [-0.2, 0) is 18.9 Å². The summed E-state index contributed by atoms with van der Waals surface area (Å²) in [4.78, 5) is 49.5. The Morgan fingerprint density at radius 3 is 1.48 bits per heavy atom. The molecule has 2 aromatic rings. The Balaban J connectivity index is 1.82. The van der Waals surface area contributed by atoms with Gasteiger partial charge in [-0.2, -0.15) is 0 Å². The van der Waals surface area contributed by atoms with Gasteiger partial charge in [0.2, 0.25) is 0 Å². The van der Waals surface area contributed by atoms with Crippen LogP contribution in [0.1, 0.15) is 91.3 Å². The standard InChI is InChI=1S/C35H50N2O11/c1-34(2,43)30(39)27-13-9-25(10-14-27)29(26-11-15-28(16-12-26)31(40)35(3,4)44)48-33(42)37-18-8-6-5-7-17-36-32(41)47-24-23-46-22-21-45-20-19-38/h9-16,29,38,43-44H,5-8,17-24H2,1-4H3,(H,36,41)(H,37,42). The van der Waals surface area contributed by atoms with Crippen LogP contribution >= 0.6 is 0 Å². The van der Waals surface area contributed by atoms with Gasteiger partial charge in [0.25, 0.3) is 0 Å². The molecular weight excluding hydrogens is 624 g/mol. The predicted molar refractivity (Wildman–Crippen MR) is 177 cm³/mol. The number of aliphatic hydroxyl groups is 3. The Morgan fingerprint density at radius 1 is 0.625 bits per heavy atom. The van der Waals surface area contributed by atoms with Crippen LogP contribution in [0.15, 0.2) is 48.5 Å². The maximum absolute atomic E-state index is 12.8. The van der Waals surface area contributed by atoms with Crippen LogP contribution in [0.2, 0.25) is 0 Å². The first-order valence-electron chi connectivity index (χ1n) is 16.1. The van der Waals surface area contributed by atoms with Gasteiger partial charge in [-0.3, -0.25) is 9.59 Å². The Hall–Kier alpha value is -3.88. The minimum atomic E-state index is -1.54. The van der Waals surface area contributed by atoms with E-state index in [9.17, 15) is 29.4 Å². The summed E-state index contributed by atoms with van der Waals surface area (Å²) in [5.74, 6) is -0.901. The lowest BCUT2D eigenvalue weighted by Crippen LogP contribution is -2.31. The Bertz CT molecular complexity index is 1210. The molecule has 0 aliphatic carbocycles. The van der Waals surface area contributed by atoms with Crippen molar-refractivity contribution in [3.63, 3.8) is 0 Å². The lowest BCUT2D eigenvalue weighted by atomic mass is 9.92. The third-order valence-corrected chi connectivity index (χ3v) is 7.00. The fraction of sp³-hybridized carbons (Fsp3) is 0.543. The van der Waals surface area contributed by atoms with Crippen molar-refractivity contribution >= 4 is 23.8 Å². The van der Waals surface area contributed by atoms with Crippen molar-refractivity contribution in [1.82, 2.24) is 10.6 Å². The van der Waals surface area contributed by atoms with E-state index in [0.717, 1.165) is 19.3 Å². The van der Waals surface area contributed by atoms with Crippen molar-refractivity contribution in [2.24, 2.45) is 0 Å². The summed E-state index contributed by atoms with van der Waals surface area (Å²) in [6, 6.07) is 12.8. The largest absolute Gasteiger partial charge is 0.447 e. The van der Waals surface area contributed by atoms with E-state index in [0.29, 0.717) is 55.0 Å². The van der Waals surface area contributed by atoms with Gasteiger partial charge in [0, 0.05) is 24.2 Å². The molecule has 5 N–H and O–H groups in total. The van der Waals surface area contributed by atoms with E-state index in [-0.39, 0.29) is 26.4 Å². The fourth-order valence-corrected chi connectivity index (χ4v) is 4.42. The lowest BCUT2D eigenvalue weighted by Gasteiger charge is -2.21. The van der Waals surface area contributed by atoms with Crippen LogP contribution in [0.5, 0.6) is 0 Å². The number of ether oxygens (including phenoxy) is 4. The molecule has 48 heavy (non-hydrogen) atoms. The van der Waals surface area contributed by atoms with Gasteiger partial charge in [-0.05, 0) is 51.7 Å². The van der Waals surface area contributed by atoms with Crippen LogP contribution in [0, 0.1) is 0 Å². The summed E-state index contributed by atoms with van der Waals surface area (Å²) < 4.78 is 21.1. The number of carbonyl (C=O) groups is 4. The topological polar surface area (TPSA) is 190 Å². The van der Waals surface area contributed by atoms with Crippen molar-refractivity contribution in [3.05, 3.63) is 70.8 Å². The first kappa shape index (κ1) is 40.3. The molecule has 13 nitrogen and oxygen atoms in total. The summed E-state index contributed by atoms with van der Waals surface area (Å²) in [6.07, 6.45) is 1.00. The molecule has 0 fully saturated rings. The Kier molecular flexibility index (Phi) is 17.2. The molecule has 2 amide bonds. The van der Waals surface area contributed by atoms with Gasteiger partial charge < -0.3 is 44.9 Å². The number of amides is 2. The van der Waals surface area contributed by atoms with E-state index in [1.165, 1.54) is 27.7 Å². The zero-order valence-electron chi connectivity index (χ0n) is 28.3. The number of unbranched alkanes of at least 4 members (excludes halogenated alkanes) is 3. The first-order chi connectivity index (χ1) is 22.7. The highest BCUT2D eigenvalue weighted by Crippen LogP contribution is 2.28. The van der Waals surface area contributed by atoms with E-state index < -0.39 is 41.1 Å². The predicted octanol–water partition coefficient (Wildman–Crippen LogP) is 3.72. The highest BCUT2D eigenvalue weighted by atomic mass is 16.6. The lowest BCUT2D eigenvalue weighted by molar-refractivity contribution is 0.0186. The second kappa shape index (κ2) is 20.5. The maximum atomic E-state index is 12.8.